The third-order valence-electron chi connectivity index (χ3n) is 0.598. The first kappa shape index (κ1) is 10.5. The standard InChI is InChI=1S/C4H10NO.Li/c5-3-1-2-4-6;/h1-5H2;/q-1;+1. The summed E-state index contributed by atoms with van der Waals surface area (Å²) in [5.41, 5.74) is 5.08. The molecule has 0 aromatic heterocycles. The number of unbranched alkanes of at least 4 members (excludes halogenated alkanes) is 1. The quantitative estimate of drug-likeness (QED) is 0.287. The molecule has 0 aliphatic carbocycles. The van der Waals surface area contributed by atoms with Crippen LogP contribution in [-0.2, 0) is 0 Å². The van der Waals surface area contributed by atoms with Crippen LogP contribution in [0.1, 0.15) is 12.8 Å². The van der Waals surface area contributed by atoms with Crippen molar-refractivity contribution in [1.82, 2.24) is 0 Å². The van der Waals surface area contributed by atoms with Gasteiger partial charge in [0.1, 0.15) is 0 Å². The molecule has 0 aliphatic heterocycles. The summed E-state index contributed by atoms with van der Waals surface area (Å²) in [4.78, 5) is 0. The maximum absolute atomic E-state index is 9.63. The minimum absolute atomic E-state index is 0. The molecule has 0 aliphatic rings. The van der Waals surface area contributed by atoms with Crippen LogP contribution in [0.4, 0.5) is 0 Å². The van der Waals surface area contributed by atoms with Crippen LogP contribution in [0, 0.1) is 0 Å². The summed E-state index contributed by atoms with van der Waals surface area (Å²) in [5, 5.41) is 9.63. The monoisotopic (exact) mass is 95.1 g/mol. The molecule has 0 radical (unpaired) electrons. The van der Waals surface area contributed by atoms with E-state index in [9.17, 15) is 5.11 Å². The third kappa shape index (κ3) is 10.7. The summed E-state index contributed by atoms with van der Waals surface area (Å²) in [6, 6.07) is 0. The maximum atomic E-state index is 9.63. The van der Waals surface area contributed by atoms with Gasteiger partial charge in [0.05, 0.1) is 0 Å². The zero-order chi connectivity index (χ0) is 4.83. The predicted molar refractivity (Wildman–Crippen MR) is 23.2 cm³/mol. The van der Waals surface area contributed by atoms with Gasteiger partial charge < -0.3 is 10.8 Å². The summed E-state index contributed by atoms with van der Waals surface area (Å²) >= 11 is 0. The molecule has 0 fully saturated rings. The van der Waals surface area contributed by atoms with Crippen LogP contribution in [0.15, 0.2) is 0 Å². The average molecular weight is 95.1 g/mol. The summed E-state index contributed by atoms with van der Waals surface area (Å²) < 4.78 is 0. The van der Waals surface area contributed by atoms with E-state index in [0.29, 0.717) is 6.54 Å². The first-order valence-corrected chi connectivity index (χ1v) is 2.20. The van der Waals surface area contributed by atoms with Crippen LogP contribution < -0.4 is 29.7 Å². The van der Waals surface area contributed by atoms with Gasteiger partial charge in [-0.3, -0.25) is 0 Å². The first-order chi connectivity index (χ1) is 2.91. The Morgan fingerprint density at radius 1 is 1.29 bits per heavy atom. The van der Waals surface area contributed by atoms with E-state index in [1.54, 1.807) is 0 Å². The Hall–Kier alpha value is 0.517. The molecule has 0 saturated carbocycles. The van der Waals surface area contributed by atoms with E-state index in [1.807, 2.05) is 0 Å². The molecule has 0 heterocycles. The van der Waals surface area contributed by atoms with Crippen molar-refractivity contribution in [2.45, 2.75) is 12.8 Å². The number of hydrogen-bond acceptors (Lipinski definition) is 2. The molecule has 7 heavy (non-hydrogen) atoms. The van der Waals surface area contributed by atoms with Gasteiger partial charge in [0.15, 0.2) is 0 Å². The second-order valence-electron chi connectivity index (χ2n) is 1.20. The second-order valence-corrected chi connectivity index (χ2v) is 1.20. The first-order valence-electron chi connectivity index (χ1n) is 2.20. The zero-order valence-electron chi connectivity index (χ0n) is 4.81. The van der Waals surface area contributed by atoms with Gasteiger partial charge in [-0.25, -0.2) is 0 Å². The van der Waals surface area contributed by atoms with E-state index in [2.05, 4.69) is 0 Å². The van der Waals surface area contributed by atoms with Gasteiger partial charge >= 0.3 is 18.9 Å². The van der Waals surface area contributed by atoms with Crippen molar-refractivity contribution in [3.63, 3.8) is 0 Å². The fraction of sp³-hybridized carbons (Fsp3) is 1.00. The smallest absolute Gasteiger partial charge is 0.854 e. The summed E-state index contributed by atoms with van der Waals surface area (Å²) in [5.74, 6) is 0. The molecule has 0 atom stereocenters. The van der Waals surface area contributed by atoms with Crippen molar-refractivity contribution in [3.8, 4) is 0 Å². The van der Waals surface area contributed by atoms with E-state index >= 15 is 0 Å². The Labute approximate surface area is 56.3 Å². The van der Waals surface area contributed by atoms with E-state index < -0.39 is 0 Å². The van der Waals surface area contributed by atoms with Gasteiger partial charge in [-0.1, -0.05) is 6.42 Å². The number of hydrogen-bond donors (Lipinski definition) is 1. The molecule has 0 unspecified atom stereocenters. The Morgan fingerprint density at radius 2 is 1.86 bits per heavy atom. The molecule has 3 heteroatoms. The number of rotatable bonds is 3. The molecule has 0 rings (SSSR count). The molecule has 0 aromatic rings. The van der Waals surface area contributed by atoms with Crippen LogP contribution in [0.5, 0.6) is 0 Å². The summed E-state index contributed by atoms with van der Waals surface area (Å²) in [6.07, 6.45) is 1.61. The molecule has 0 spiro atoms. The fourth-order valence-electron chi connectivity index (χ4n) is 0.246. The van der Waals surface area contributed by atoms with Gasteiger partial charge in [0.2, 0.25) is 0 Å². The maximum Gasteiger partial charge on any atom is 1.00 e. The Morgan fingerprint density at radius 3 is 2.00 bits per heavy atom. The van der Waals surface area contributed by atoms with Crippen molar-refractivity contribution in [3.05, 3.63) is 0 Å². The van der Waals surface area contributed by atoms with E-state index in [-0.39, 0.29) is 25.5 Å². The minimum atomic E-state index is 0. The normalized spacial score (nSPS) is 7.71. The summed E-state index contributed by atoms with van der Waals surface area (Å²) in [6.45, 7) is 0.680. The van der Waals surface area contributed by atoms with Crippen LogP contribution >= 0.6 is 0 Å². The van der Waals surface area contributed by atoms with E-state index in [4.69, 9.17) is 5.73 Å². The van der Waals surface area contributed by atoms with E-state index in [1.165, 1.54) is 0 Å². The number of nitrogens with two attached hydrogens (primary N) is 1. The molecule has 0 aromatic carbocycles. The third-order valence-corrected chi connectivity index (χ3v) is 0.598. The van der Waals surface area contributed by atoms with Gasteiger partial charge in [-0.2, -0.15) is 0 Å². The molecule has 2 nitrogen and oxygen atoms in total. The van der Waals surface area contributed by atoms with Gasteiger partial charge in [-0.15, -0.1) is 6.61 Å². The predicted octanol–water partition coefficient (Wildman–Crippen LogP) is -3.91. The van der Waals surface area contributed by atoms with Crippen molar-refractivity contribution < 1.29 is 24.0 Å². The van der Waals surface area contributed by atoms with Crippen molar-refractivity contribution >= 4 is 0 Å². The molecule has 0 amide bonds. The molecule has 2 N–H and O–H groups in total. The molecule has 0 bridgehead atoms. The van der Waals surface area contributed by atoms with Crippen LogP contribution in [-0.4, -0.2) is 13.2 Å². The van der Waals surface area contributed by atoms with Crippen molar-refractivity contribution in [2.75, 3.05) is 13.2 Å². The molecule has 38 valence electrons. The average Bonchev–Trinajstić information content (AvgIpc) is 1.61. The van der Waals surface area contributed by atoms with Crippen LogP contribution in [0.3, 0.4) is 0 Å². The zero-order valence-corrected chi connectivity index (χ0v) is 4.81. The molecular formula is C4H10LiNO. The van der Waals surface area contributed by atoms with Crippen molar-refractivity contribution in [1.29, 1.82) is 0 Å². The van der Waals surface area contributed by atoms with Gasteiger partial charge in [-0.05, 0) is 13.0 Å². The molecular weight excluding hydrogens is 85.0 g/mol. The largest absolute Gasteiger partial charge is 1.00 e. The Bertz CT molecular complexity index is 23.7. The van der Waals surface area contributed by atoms with Crippen LogP contribution in [0.2, 0.25) is 0 Å². The fourth-order valence-corrected chi connectivity index (χ4v) is 0.246. The molecule has 0 saturated heterocycles. The second kappa shape index (κ2) is 9.72. The van der Waals surface area contributed by atoms with Gasteiger partial charge in [0, 0.05) is 0 Å². The minimum Gasteiger partial charge on any atom is -0.854 e. The SMILES string of the molecule is NCCCC[O-].[Li+]. The van der Waals surface area contributed by atoms with Crippen LogP contribution in [0.25, 0.3) is 0 Å². The Balaban J connectivity index is 0. The topological polar surface area (TPSA) is 49.1 Å². The summed E-state index contributed by atoms with van der Waals surface area (Å²) in [7, 11) is 0. The van der Waals surface area contributed by atoms with Crippen molar-refractivity contribution in [2.24, 2.45) is 5.73 Å². The Kier molecular flexibility index (Phi) is 14.6. The van der Waals surface area contributed by atoms with Gasteiger partial charge in [0.25, 0.3) is 0 Å². The van der Waals surface area contributed by atoms with E-state index in [0.717, 1.165) is 12.8 Å².